The highest BCUT2D eigenvalue weighted by Gasteiger charge is 2.54. The molecule has 2 atom stereocenters. The average Bonchev–Trinajstić information content (AvgIpc) is 3.80. The van der Waals surface area contributed by atoms with E-state index in [-0.39, 0.29) is 36.2 Å². The molecular weight excluding hydrogens is 542 g/mol. The molecule has 1 aromatic heterocycles. The Morgan fingerprint density at radius 3 is 2.14 bits per heavy atom. The molecule has 2 bridgehead atoms. The predicted molar refractivity (Wildman–Crippen MR) is 161 cm³/mol. The third kappa shape index (κ3) is 5.50. The summed E-state index contributed by atoms with van der Waals surface area (Å²) in [5, 5.41) is 4.16. The van der Waals surface area contributed by atoms with Crippen LogP contribution in [0, 0.1) is 5.41 Å². The topological polar surface area (TPSA) is 97.8 Å². The number of fused-ring (bicyclic) bond motifs is 3. The van der Waals surface area contributed by atoms with E-state index in [2.05, 4.69) is 10.3 Å². The number of aromatic nitrogens is 1. The van der Waals surface area contributed by atoms with E-state index in [9.17, 15) is 14.4 Å². The monoisotopic (exact) mass is 575 g/mol. The van der Waals surface area contributed by atoms with Gasteiger partial charge in [-0.1, -0.05) is 42.5 Å². The zero-order valence-corrected chi connectivity index (χ0v) is 23.8. The Morgan fingerprint density at radius 2 is 1.47 bits per heavy atom. The first-order chi connectivity index (χ1) is 21.0. The first-order valence-electron chi connectivity index (χ1n) is 15.0. The van der Waals surface area contributed by atoms with Crippen molar-refractivity contribution < 1.29 is 23.9 Å². The van der Waals surface area contributed by atoms with Crippen LogP contribution in [-0.2, 0) is 22.4 Å². The van der Waals surface area contributed by atoms with Gasteiger partial charge in [0.05, 0.1) is 10.9 Å². The van der Waals surface area contributed by atoms with Gasteiger partial charge in [-0.2, -0.15) is 0 Å². The molecule has 2 unspecified atom stereocenters. The molecule has 7 rings (SSSR count). The lowest BCUT2D eigenvalue weighted by Gasteiger charge is -2.34. The number of carbonyl (C=O) groups excluding carboxylic acids is 3. The second-order valence-corrected chi connectivity index (χ2v) is 11.8. The highest BCUT2D eigenvalue weighted by Crippen LogP contribution is 2.49. The Labute approximate surface area is 250 Å². The van der Waals surface area contributed by atoms with Crippen molar-refractivity contribution in [2.24, 2.45) is 5.41 Å². The number of carbonyl (C=O) groups is 3. The van der Waals surface area contributed by atoms with Gasteiger partial charge in [0.25, 0.3) is 0 Å². The van der Waals surface area contributed by atoms with Crippen molar-refractivity contribution in [3.8, 4) is 17.2 Å². The molecule has 3 aliphatic rings. The molecule has 3 heterocycles. The summed E-state index contributed by atoms with van der Waals surface area (Å²) in [5.74, 6) is 1.69. The third-order valence-corrected chi connectivity index (χ3v) is 9.01. The van der Waals surface area contributed by atoms with Crippen molar-refractivity contribution in [1.29, 1.82) is 0 Å². The molecule has 8 nitrogen and oxygen atoms in total. The number of ketones is 2. The number of ether oxygens (including phenoxy) is 2. The van der Waals surface area contributed by atoms with E-state index >= 15 is 0 Å². The van der Waals surface area contributed by atoms with Gasteiger partial charge < -0.3 is 14.8 Å². The molecule has 0 radical (unpaired) electrons. The minimum absolute atomic E-state index is 0.0108. The molecule has 3 aromatic carbocycles. The lowest BCUT2D eigenvalue weighted by atomic mass is 9.88. The number of amides is 1. The molecule has 1 aliphatic carbocycles. The highest BCUT2D eigenvalue weighted by molar-refractivity contribution is 6.11. The van der Waals surface area contributed by atoms with Crippen LogP contribution in [0.1, 0.15) is 36.8 Å². The molecule has 218 valence electrons. The number of hydrogen-bond acceptors (Lipinski definition) is 7. The molecule has 2 aliphatic heterocycles. The van der Waals surface area contributed by atoms with Gasteiger partial charge in [0, 0.05) is 55.7 Å². The normalized spacial score (nSPS) is 20.0. The summed E-state index contributed by atoms with van der Waals surface area (Å²) in [6.07, 6.45) is 5.12. The van der Waals surface area contributed by atoms with Crippen LogP contribution in [0.3, 0.4) is 0 Å². The van der Waals surface area contributed by atoms with Gasteiger partial charge in [0.15, 0.2) is 11.6 Å². The Balaban J connectivity index is 0.993. The van der Waals surface area contributed by atoms with Crippen LogP contribution in [0.4, 0.5) is 4.79 Å². The van der Waals surface area contributed by atoms with E-state index in [1.54, 1.807) is 24.4 Å². The zero-order chi connectivity index (χ0) is 29.4. The van der Waals surface area contributed by atoms with Gasteiger partial charge in [0.2, 0.25) is 0 Å². The van der Waals surface area contributed by atoms with Gasteiger partial charge in [-0.15, -0.1) is 0 Å². The van der Waals surface area contributed by atoms with E-state index in [0.717, 1.165) is 42.4 Å². The van der Waals surface area contributed by atoms with E-state index in [0.29, 0.717) is 42.0 Å². The number of nitrogens with one attached hydrogen (secondary N) is 1. The summed E-state index contributed by atoms with van der Waals surface area (Å²) in [5.41, 5.74) is 1.61. The quantitative estimate of drug-likeness (QED) is 0.257. The van der Waals surface area contributed by atoms with Crippen molar-refractivity contribution in [3.63, 3.8) is 0 Å². The maximum absolute atomic E-state index is 13.2. The van der Waals surface area contributed by atoms with Crippen LogP contribution >= 0.6 is 0 Å². The molecule has 43 heavy (non-hydrogen) atoms. The number of Topliss-reactive ketones (excluding diaryl/α,β-unsaturated/α-hetero) is 2. The SMILES string of the molecule is O=C(Oc1ccc2c(Oc3ccc(CC(=O)C4(C(=O)Cc5ccccc5)CC4)cc3)ccnc2c1)N1C2CCC1CNC2. The summed E-state index contributed by atoms with van der Waals surface area (Å²) in [4.78, 5) is 45.4. The summed E-state index contributed by atoms with van der Waals surface area (Å²) in [7, 11) is 0. The van der Waals surface area contributed by atoms with Crippen LogP contribution in [0.25, 0.3) is 10.9 Å². The van der Waals surface area contributed by atoms with Crippen LogP contribution in [0.15, 0.2) is 85.1 Å². The van der Waals surface area contributed by atoms with Gasteiger partial charge in [-0.3, -0.25) is 19.5 Å². The largest absolute Gasteiger partial charge is 0.457 e. The molecule has 1 amide bonds. The number of hydrogen-bond donors (Lipinski definition) is 1. The van der Waals surface area contributed by atoms with E-state index in [1.807, 2.05) is 65.6 Å². The fraction of sp³-hybridized carbons (Fsp3) is 0.314. The lowest BCUT2D eigenvalue weighted by Crippen LogP contribution is -2.54. The van der Waals surface area contributed by atoms with Crippen molar-refractivity contribution in [2.45, 2.75) is 50.6 Å². The summed E-state index contributed by atoms with van der Waals surface area (Å²) in [6, 6.07) is 24.5. The van der Waals surface area contributed by atoms with Crippen molar-refractivity contribution in [1.82, 2.24) is 15.2 Å². The number of nitrogens with zero attached hydrogens (tertiary/aromatic N) is 2. The minimum atomic E-state index is -0.835. The van der Waals surface area contributed by atoms with E-state index in [1.165, 1.54) is 0 Å². The van der Waals surface area contributed by atoms with Gasteiger partial charge in [-0.05, 0) is 67.1 Å². The molecule has 3 fully saturated rings. The molecule has 2 saturated heterocycles. The van der Waals surface area contributed by atoms with Crippen LogP contribution in [0.5, 0.6) is 17.2 Å². The number of benzene rings is 3. The first kappa shape index (κ1) is 27.3. The number of pyridine rings is 1. The first-order valence-corrected chi connectivity index (χ1v) is 15.0. The van der Waals surface area contributed by atoms with Gasteiger partial charge in [-0.25, -0.2) is 4.79 Å². The van der Waals surface area contributed by atoms with Crippen LogP contribution in [-0.4, -0.2) is 52.7 Å². The van der Waals surface area contributed by atoms with Crippen molar-refractivity contribution >= 4 is 28.6 Å². The number of rotatable bonds is 9. The fourth-order valence-corrected chi connectivity index (χ4v) is 6.43. The third-order valence-electron chi connectivity index (χ3n) is 9.01. The standard InChI is InChI=1S/C35H33N3O5/c39-32(18-23-4-2-1-3-5-23)35(15-16-35)33(40)19-24-6-10-27(11-7-24)42-31-14-17-37-30-20-28(12-13-29(30)31)43-34(41)38-25-8-9-26(38)22-36-21-25/h1-7,10-14,17,20,25-26,36H,8-9,15-16,18-19,21-22H2. The van der Waals surface area contributed by atoms with Crippen LogP contribution < -0.4 is 14.8 Å². The molecule has 8 heteroatoms. The average molecular weight is 576 g/mol. The Morgan fingerprint density at radius 1 is 0.814 bits per heavy atom. The Bertz CT molecular complexity index is 1670. The fourth-order valence-electron chi connectivity index (χ4n) is 6.43. The second kappa shape index (κ2) is 11.3. The smallest absolute Gasteiger partial charge is 0.415 e. The van der Waals surface area contributed by atoms with Gasteiger partial charge >= 0.3 is 6.09 Å². The second-order valence-electron chi connectivity index (χ2n) is 11.8. The zero-order valence-electron chi connectivity index (χ0n) is 23.8. The Kier molecular flexibility index (Phi) is 7.15. The Hall–Kier alpha value is -4.56. The van der Waals surface area contributed by atoms with Gasteiger partial charge in [0.1, 0.15) is 17.2 Å². The van der Waals surface area contributed by atoms with Crippen molar-refractivity contribution in [3.05, 3.63) is 96.2 Å². The molecule has 1 N–H and O–H groups in total. The minimum Gasteiger partial charge on any atom is -0.457 e. The maximum Gasteiger partial charge on any atom is 0.415 e. The van der Waals surface area contributed by atoms with E-state index in [4.69, 9.17) is 9.47 Å². The summed E-state index contributed by atoms with van der Waals surface area (Å²) < 4.78 is 11.9. The lowest BCUT2D eigenvalue weighted by molar-refractivity contribution is -0.133. The molecular formula is C35H33N3O5. The predicted octanol–water partition coefficient (Wildman–Crippen LogP) is 5.67. The van der Waals surface area contributed by atoms with Crippen LogP contribution in [0.2, 0.25) is 0 Å². The summed E-state index contributed by atoms with van der Waals surface area (Å²) >= 11 is 0. The number of piperazine rings is 1. The maximum atomic E-state index is 13.2. The van der Waals surface area contributed by atoms with E-state index < -0.39 is 5.41 Å². The molecule has 4 aromatic rings. The summed E-state index contributed by atoms with van der Waals surface area (Å²) in [6.45, 7) is 1.61. The molecule has 0 spiro atoms. The highest BCUT2D eigenvalue weighted by atomic mass is 16.6. The van der Waals surface area contributed by atoms with Crippen molar-refractivity contribution in [2.75, 3.05) is 13.1 Å². The molecule has 1 saturated carbocycles.